The molecule has 0 atom stereocenters. The molecule has 0 aromatic carbocycles. The number of likely N-dealkylation sites (tertiary alicyclic amines) is 1. The van der Waals surface area contributed by atoms with Crippen molar-refractivity contribution in [3.8, 4) is 0 Å². The monoisotopic (exact) mass is 179 g/mol. The minimum Gasteiger partial charge on any atom is -0.367 e. The summed E-state index contributed by atoms with van der Waals surface area (Å²) in [5.74, 6) is 0. The van der Waals surface area contributed by atoms with Crippen molar-refractivity contribution in [2.24, 2.45) is 0 Å². The minimum absolute atomic E-state index is 0.545. The van der Waals surface area contributed by atoms with Crippen LogP contribution in [0.1, 0.15) is 52.4 Å². The maximum atomic E-state index is 4.14. The fraction of sp³-hybridized carbons (Fsp3) is 0.833. The second-order valence-electron chi connectivity index (χ2n) is 4.99. The van der Waals surface area contributed by atoms with Crippen LogP contribution in [0.15, 0.2) is 12.3 Å². The molecule has 1 aliphatic heterocycles. The summed E-state index contributed by atoms with van der Waals surface area (Å²) in [4.78, 5) is 2.58. The summed E-state index contributed by atoms with van der Waals surface area (Å²) >= 11 is 0. The summed E-state index contributed by atoms with van der Waals surface area (Å²) in [6.45, 7) is 8.72. The van der Waals surface area contributed by atoms with Crippen molar-refractivity contribution < 1.29 is 0 Å². The Morgan fingerprint density at radius 1 is 1.23 bits per heavy atom. The highest BCUT2D eigenvalue weighted by Crippen LogP contribution is 2.49. The average molecular weight is 179 g/mol. The molecule has 1 saturated heterocycles. The Morgan fingerprint density at radius 2 is 1.85 bits per heavy atom. The summed E-state index contributed by atoms with van der Waals surface area (Å²) in [7, 11) is 0. The summed E-state index contributed by atoms with van der Waals surface area (Å²) < 4.78 is 0. The Bertz CT molecular complexity index is 211. The van der Waals surface area contributed by atoms with Crippen molar-refractivity contribution in [1.29, 1.82) is 0 Å². The van der Waals surface area contributed by atoms with Gasteiger partial charge < -0.3 is 4.90 Å². The Balaban J connectivity index is 2.10. The molecule has 0 bridgehead atoms. The molecule has 1 nitrogen and oxygen atoms in total. The first kappa shape index (κ1) is 9.11. The number of hydrogen-bond acceptors (Lipinski definition) is 1. The third-order valence-corrected chi connectivity index (χ3v) is 3.69. The highest BCUT2D eigenvalue weighted by atomic mass is 15.3. The van der Waals surface area contributed by atoms with E-state index in [0.717, 1.165) is 0 Å². The van der Waals surface area contributed by atoms with E-state index in [0.29, 0.717) is 11.6 Å². The quantitative estimate of drug-likeness (QED) is 0.597. The van der Waals surface area contributed by atoms with Crippen LogP contribution in [0.2, 0.25) is 0 Å². The van der Waals surface area contributed by atoms with E-state index >= 15 is 0 Å². The smallest absolute Gasteiger partial charge is 0.0456 e. The molecule has 1 heterocycles. The van der Waals surface area contributed by atoms with Crippen molar-refractivity contribution in [1.82, 2.24) is 4.90 Å². The van der Waals surface area contributed by atoms with Crippen LogP contribution in [0.5, 0.6) is 0 Å². The van der Waals surface area contributed by atoms with Crippen LogP contribution in [-0.4, -0.2) is 16.5 Å². The van der Waals surface area contributed by atoms with Crippen molar-refractivity contribution >= 4 is 0 Å². The predicted molar refractivity (Wildman–Crippen MR) is 56.5 cm³/mol. The molecule has 0 N–H and O–H groups in total. The lowest BCUT2D eigenvalue weighted by molar-refractivity contribution is -0.0159. The first-order chi connectivity index (χ1) is 6.16. The fourth-order valence-electron chi connectivity index (χ4n) is 3.33. The van der Waals surface area contributed by atoms with Gasteiger partial charge in [0.25, 0.3) is 0 Å². The molecule has 2 fully saturated rings. The SMILES string of the molecule is C=C1CC2(CCCCC2)N1C(C)C. The topological polar surface area (TPSA) is 3.24 Å². The van der Waals surface area contributed by atoms with Crippen LogP contribution in [0, 0.1) is 0 Å². The van der Waals surface area contributed by atoms with E-state index in [1.165, 1.54) is 44.2 Å². The number of rotatable bonds is 1. The van der Waals surface area contributed by atoms with Crippen molar-refractivity contribution in [2.45, 2.75) is 64.0 Å². The van der Waals surface area contributed by atoms with Crippen LogP contribution in [0.4, 0.5) is 0 Å². The lowest BCUT2D eigenvalue weighted by atomic mass is 9.70. The summed E-state index contributed by atoms with van der Waals surface area (Å²) in [5, 5.41) is 0. The van der Waals surface area contributed by atoms with E-state index in [1.54, 1.807) is 0 Å². The normalized spacial score (nSPS) is 26.7. The summed E-state index contributed by atoms with van der Waals surface area (Å²) in [6.07, 6.45) is 8.38. The minimum atomic E-state index is 0.545. The zero-order valence-electron chi connectivity index (χ0n) is 8.97. The van der Waals surface area contributed by atoms with Gasteiger partial charge in [0.05, 0.1) is 0 Å². The van der Waals surface area contributed by atoms with Gasteiger partial charge in [-0.1, -0.05) is 25.8 Å². The van der Waals surface area contributed by atoms with E-state index in [1.807, 2.05) is 0 Å². The maximum absolute atomic E-state index is 4.14. The Labute approximate surface area is 81.8 Å². The lowest BCUT2D eigenvalue weighted by Crippen LogP contribution is -2.61. The fourth-order valence-corrected chi connectivity index (χ4v) is 3.33. The van der Waals surface area contributed by atoms with E-state index in [-0.39, 0.29) is 0 Å². The van der Waals surface area contributed by atoms with Crippen molar-refractivity contribution in [2.75, 3.05) is 0 Å². The molecule has 13 heavy (non-hydrogen) atoms. The van der Waals surface area contributed by atoms with E-state index in [4.69, 9.17) is 0 Å². The first-order valence-electron chi connectivity index (χ1n) is 5.63. The molecule has 74 valence electrons. The Kier molecular flexibility index (Phi) is 2.13. The third kappa shape index (κ3) is 1.29. The molecular formula is C12H21N. The molecule has 1 heteroatoms. The molecule has 0 unspecified atom stereocenters. The zero-order valence-corrected chi connectivity index (χ0v) is 8.97. The van der Waals surface area contributed by atoms with Gasteiger partial charge >= 0.3 is 0 Å². The Hall–Kier alpha value is -0.460. The molecule has 2 rings (SSSR count). The highest BCUT2D eigenvalue weighted by molar-refractivity contribution is 5.20. The number of nitrogens with zero attached hydrogens (tertiary/aromatic N) is 1. The van der Waals surface area contributed by atoms with Crippen LogP contribution >= 0.6 is 0 Å². The van der Waals surface area contributed by atoms with E-state index < -0.39 is 0 Å². The van der Waals surface area contributed by atoms with Crippen molar-refractivity contribution in [3.05, 3.63) is 12.3 Å². The molecule has 1 spiro atoms. The van der Waals surface area contributed by atoms with E-state index in [2.05, 4.69) is 25.3 Å². The largest absolute Gasteiger partial charge is 0.367 e. The summed E-state index contributed by atoms with van der Waals surface area (Å²) in [6, 6.07) is 0.652. The average Bonchev–Trinajstić information content (AvgIpc) is 2.03. The first-order valence-corrected chi connectivity index (χ1v) is 5.63. The van der Waals surface area contributed by atoms with E-state index in [9.17, 15) is 0 Å². The van der Waals surface area contributed by atoms with Gasteiger partial charge in [-0.15, -0.1) is 0 Å². The Morgan fingerprint density at radius 3 is 2.31 bits per heavy atom. The molecule has 0 radical (unpaired) electrons. The van der Waals surface area contributed by atoms with Gasteiger partial charge in [0.1, 0.15) is 0 Å². The van der Waals surface area contributed by atoms with Crippen LogP contribution < -0.4 is 0 Å². The molecular weight excluding hydrogens is 158 g/mol. The molecule has 0 aromatic rings. The number of hydrogen-bond donors (Lipinski definition) is 0. The van der Waals surface area contributed by atoms with Crippen molar-refractivity contribution in [3.63, 3.8) is 0 Å². The third-order valence-electron chi connectivity index (χ3n) is 3.69. The van der Waals surface area contributed by atoms with Gasteiger partial charge in [-0.25, -0.2) is 0 Å². The van der Waals surface area contributed by atoms with Gasteiger partial charge in [0, 0.05) is 23.7 Å². The van der Waals surface area contributed by atoms with Gasteiger partial charge in [-0.2, -0.15) is 0 Å². The van der Waals surface area contributed by atoms with Gasteiger partial charge in [-0.05, 0) is 26.7 Å². The standard InChI is InChI=1S/C12H21N/c1-10(2)13-11(3)9-12(13)7-5-4-6-8-12/h10H,3-9H2,1-2H3. The highest BCUT2D eigenvalue weighted by Gasteiger charge is 2.47. The summed E-state index contributed by atoms with van der Waals surface area (Å²) in [5.41, 5.74) is 1.92. The predicted octanol–water partition coefficient (Wildman–Crippen LogP) is 3.32. The zero-order chi connectivity index (χ0) is 9.47. The molecule has 1 saturated carbocycles. The maximum Gasteiger partial charge on any atom is 0.0456 e. The second-order valence-corrected chi connectivity index (χ2v) is 4.99. The van der Waals surface area contributed by atoms with Gasteiger partial charge in [0.2, 0.25) is 0 Å². The molecule has 0 aromatic heterocycles. The van der Waals surface area contributed by atoms with Crippen LogP contribution in [0.25, 0.3) is 0 Å². The van der Waals surface area contributed by atoms with Gasteiger partial charge in [0.15, 0.2) is 0 Å². The molecule has 2 aliphatic rings. The molecule has 1 aliphatic carbocycles. The lowest BCUT2D eigenvalue weighted by Gasteiger charge is -2.60. The van der Waals surface area contributed by atoms with Gasteiger partial charge in [-0.3, -0.25) is 0 Å². The van der Waals surface area contributed by atoms with Crippen LogP contribution in [-0.2, 0) is 0 Å². The second kappa shape index (κ2) is 3.04. The molecule has 0 amide bonds. The van der Waals surface area contributed by atoms with Crippen LogP contribution in [0.3, 0.4) is 0 Å².